The number of hydrogen-bond donors (Lipinski definition) is 1. The molecule has 5 heteroatoms. The average molecular weight is 440 g/mol. The van der Waals surface area contributed by atoms with Gasteiger partial charge in [0.1, 0.15) is 5.78 Å². The van der Waals surface area contributed by atoms with Crippen molar-refractivity contribution in [1.82, 2.24) is 0 Å². The van der Waals surface area contributed by atoms with Crippen LogP contribution in [-0.4, -0.2) is 35.8 Å². The van der Waals surface area contributed by atoms with Crippen LogP contribution in [0.15, 0.2) is 11.6 Å². The number of carbonyl (C=O) groups excluding carboxylic acids is 2. The SMILES string of the molecule is C[C@@H]1CC[C@@]2(OC1)O[C@H]1C=C3[C@@H]4CC[C@H]5CC(=O)C(=N)C[C@]5(C)[C@H]4CC(=O)[C@]3(C)[C@H]1[C@@H]2C. The molecule has 1 spiro atoms. The number of fused-ring (bicyclic) bond motifs is 7. The fourth-order valence-electron chi connectivity index (χ4n) is 8.94. The van der Waals surface area contributed by atoms with Gasteiger partial charge < -0.3 is 14.9 Å². The lowest BCUT2D eigenvalue weighted by atomic mass is 9.45. The van der Waals surface area contributed by atoms with Crippen LogP contribution in [0.25, 0.3) is 0 Å². The van der Waals surface area contributed by atoms with Crippen LogP contribution in [0.2, 0.25) is 0 Å². The van der Waals surface area contributed by atoms with Crippen LogP contribution in [0, 0.1) is 51.7 Å². The fraction of sp³-hybridized carbons (Fsp3) is 0.815. The van der Waals surface area contributed by atoms with Gasteiger partial charge in [0.2, 0.25) is 0 Å². The predicted octanol–water partition coefficient (Wildman–Crippen LogP) is 4.73. The van der Waals surface area contributed by atoms with Crippen molar-refractivity contribution in [2.24, 2.45) is 46.3 Å². The van der Waals surface area contributed by atoms with Crippen LogP contribution in [-0.2, 0) is 19.1 Å². The molecule has 6 rings (SSSR count). The maximum Gasteiger partial charge on any atom is 0.176 e. The number of Topliss-reactive ketones (excluding diaryl/α,β-unsaturated/α-hetero) is 2. The topological polar surface area (TPSA) is 76.5 Å². The third-order valence-electron chi connectivity index (χ3n) is 10.9. The lowest BCUT2D eigenvalue weighted by Gasteiger charge is -2.58. The van der Waals surface area contributed by atoms with Crippen LogP contribution < -0.4 is 0 Å². The number of nitrogens with one attached hydrogen (secondary N) is 1. The Balaban J connectivity index is 1.35. The van der Waals surface area contributed by atoms with E-state index in [9.17, 15) is 9.59 Å². The van der Waals surface area contributed by atoms with Gasteiger partial charge in [-0.1, -0.05) is 32.4 Å². The summed E-state index contributed by atoms with van der Waals surface area (Å²) in [6.45, 7) is 9.65. The molecule has 0 amide bonds. The highest BCUT2D eigenvalue weighted by Crippen LogP contribution is 2.68. The summed E-state index contributed by atoms with van der Waals surface area (Å²) in [6.07, 6.45) is 7.97. The monoisotopic (exact) mass is 439 g/mol. The van der Waals surface area contributed by atoms with Gasteiger partial charge in [0.15, 0.2) is 11.6 Å². The second kappa shape index (κ2) is 6.63. The highest BCUT2D eigenvalue weighted by Gasteiger charge is 2.69. The first-order chi connectivity index (χ1) is 15.1. The number of ketones is 2. The summed E-state index contributed by atoms with van der Waals surface area (Å²) in [5.74, 6) is 1.63. The Bertz CT molecular complexity index is 930. The molecule has 3 saturated carbocycles. The maximum absolute atomic E-state index is 14.0. The second-order valence-corrected chi connectivity index (χ2v) is 12.4. The summed E-state index contributed by atoms with van der Waals surface area (Å²) in [5.41, 5.74) is 0.982. The number of carbonyl (C=O) groups is 2. The van der Waals surface area contributed by atoms with Gasteiger partial charge in [-0.25, -0.2) is 0 Å². The largest absolute Gasteiger partial charge is 0.349 e. The molecule has 0 bridgehead atoms. The van der Waals surface area contributed by atoms with E-state index in [1.807, 2.05) is 0 Å². The standard InChI is InChI=1S/C27H37NO4/c1-14-7-8-27(31-13-14)15(2)24-22(32-27)10-19-17-6-5-16-9-21(29)20(28)12-25(16,3)18(17)11-23(30)26(19,24)4/h10,14-18,22,24,28H,5-9,11-13H2,1-4H3/t14-,15+,16+,17-,18+,22+,24+,25+,26-,27-/m1/s1. The molecule has 0 aromatic rings. The minimum atomic E-state index is -0.535. The molecule has 4 aliphatic carbocycles. The normalized spacial score (nSPS) is 54.7. The van der Waals surface area contributed by atoms with E-state index in [-0.39, 0.29) is 40.8 Å². The zero-order valence-corrected chi connectivity index (χ0v) is 19.9. The number of allylic oxidation sites excluding steroid dienone is 1. The van der Waals surface area contributed by atoms with E-state index in [1.54, 1.807) is 0 Å². The van der Waals surface area contributed by atoms with Gasteiger partial charge in [0.05, 0.1) is 23.8 Å². The average Bonchev–Trinajstić information content (AvgIpc) is 3.19. The van der Waals surface area contributed by atoms with Crippen LogP contribution in [0.1, 0.15) is 72.6 Å². The molecule has 2 heterocycles. The molecule has 10 atom stereocenters. The Morgan fingerprint density at radius 2 is 1.88 bits per heavy atom. The van der Waals surface area contributed by atoms with E-state index in [4.69, 9.17) is 14.9 Å². The molecule has 1 N–H and O–H groups in total. The van der Waals surface area contributed by atoms with E-state index < -0.39 is 11.2 Å². The third-order valence-corrected chi connectivity index (χ3v) is 10.9. The Hall–Kier alpha value is -1.33. The Labute approximate surface area is 191 Å². The number of ether oxygens (including phenoxy) is 2. The van der Waals surface area contributed by atoms with Gasteiger partial charge in [0.25, 0.3) is 0 Å². The fourth-order valence-corrected chi connectivity index (χ4v) is 8.94. The minimum absolute atomic E-state index is 0.0156. The first kappa shape index (κ1) is 21.2. The molecule has 174 valence electrons. The van der Waals surface area contributed by atoms with Crippen molar-refractivity contribution < 1.29 is 19.1 Å². The molecule has 2 aliphatic heterocycles. The summed E-state index contributed by atoms with van der Waals surface area (Å²) in [7, 11) is 0. The van der Waals surface area contributed by atoms with Crippen LogP contribution in [0.4, 0.5) is 0 Å². The Kier molecular flexibility index (Phi) is 4.39. The van der Waals surface area contributed by atoms with Crippen molar-refractivity contribution in [3.63, 3.8) is 0 Å². The van der Waals surface area contributed by atoms with Crippen molar-refractivity contribution >= 4 is 17.3 Å². The van der Waals surface area contributed by atoms with Crippen molar-refractivity contribution in [1.29, 1.82) is 5.41 Å². The van der Waals surface area contributed by atoms with Crippen molar-refractivity contribution in [3.05, 3.63) is 11.6 Å². The zero-order chi connectivity index (χ0) is 22.6. The molecular weight excluding hydrogens is 402 g/mol. The summed E-state index contributed by atoms with van der Waals surface area (Å²) < 4.78 is 13.0. The van der Waals surface area contributed by atoms with Gasteiger partial charge >= 0.3 is 0 Å². The van der Waals surface area contributed by atoms with E-state index >= 15 is 0 Å². The first-order valence-corrected chi connectivity index (χ1v) is 12.8. The summed E-state index contributed by atoms with van der Waals surface area (Å²) in [4.78, 5) is 26.2. The Morgan fingerprint density at radius 1 is 1.09 bits per heavy atom. The van der Waals surface area contributed by atoms with E-state index in [0.717, 1.165) is 32.3 Å². The lowest BCUT2D eigenvalue weighted by molar-refractivity contribution is -0.265. The van der Waals surface area contributed by atoms with Crippen LogP contribution in [0.3, 0.4) is 0 Å². The highest BCUT2D eigenvalue weighted by molar-refractivity contribution is 6.39. The summed E-state index contributed by atoms with van der Waals surface area (Å²) in [5, 5.41) is 8.26. The van der Waals surface area contributed by atoms with Crippen LogP contribution >= 0.6 is 0 Å². The van der Waals surface area contributed by atoms with E-state index in [1.165, 1.54) is 5.57 Å². The van der Waals surface area contributed by atoms with Gasteiger partial charge in [-0.2, -0.15) is 0 Å². The van der Waals surface area contributed by atoms with Gasteiger partial charge in [-0.05, 0) is 61.7 Å². The Morgan fingerprint density at radius 3 is 2.59 bits per heavy atom. The molecule has 0 aromatic heterocycles. The molecule has 5 nitrogen and oxygen atoms in total. The molecule has 32 heavy (non-hydrogen) atoms. The van der Waals surface area contributed by atoms with Crippen LogP contribution in [0.5, 0.6) is 0 Å². The molecule has 0 unspecified atom stereocenters. The number of rotatable bonds is 0. The molecule has 5 fully saturated rings. The third kappa shape index (κ3) is 2.50. The lowest BCUT2D eigenvalue weighted by Crippen LogP contribution is -2.56. The molecule has 0 radical (unpaired) electrons. The minimum Gasteiger partial charge on any atom is -0.349 e. The first-order valence-electron chi connectivity index (χ1n) is 12.8. The van der Waals surface area contributed by atoms with Gasteiger partial charge in [0, 0.05) is 31.1 Å². The van der Waals surface area contributed by atoms with Crippen molar-refractivity contribution in [2.75, 3.05) is 6.61 Å². The van der Waals surface area contributed by atoms with E-state index in [2.05, 4.69) is 33.8 Å². The molecule has 0 aromatic carbocycles. The predicted molar refractivity (Wildman–Crippen MR) is 120 cm³/mol. The second-order valence-electron chi connectivity index (χ2n) is 12.4. The zero-order valence-electron chi connectivity index (χ0n) is 19.9. The molecule has 2 saturated heterocycles. The maximum atomic E-state index is 14.0. The summed E-state index contributed by atoms with van der Waals surface area (Å²) >= 11 is 0. The van der Waals surface area contributed by atoms with Gasteiger partial charge in [-0.3, -0.25) is 9.59 Å². The van der Waals surface area contributed by atoms with Crippen molar-refractivity contribution in [2.45, 2.75) is 84.5 Å². The summed E-state index contributed by atoms with van der Waals surface area (Å²) in [6, 6.07) is 0. The molecular formula is C27H37NO4. The molecule has 6 aliphatic rings. The smallest absolute Gasteiger partial charge is 0.176 e. The number of hydrogen-bond acceptors (Lipinski definition) is 5. The van der Waals surface area contributed by atoms with E-state index in [0.29, 0.717) is 42.8 Å². The highest BCUT2D eigenvalue weighted by atomic mass is 16.7. The van der Waals surface area contributed by atoms with Crippen molar-refractivity contribution in [3.8, 4) is 0 Å². The quantitative estimate of drug-likeness (QED) is 0.554. The van der Waals surface area contributed by atoms with Gasteiger partial charge in [-0.15, -0.1) is 0 Å².